The quantitative estimate of drug-likeness (QED) is 0.653. The Morgan fingerprint density at radius 3 is 2.55 bits per heavy atom. The normalized spacial score (nSPS) is 21.8. The van der Waals surface area contributed by atoms with Crippen molar-refractivity contribution in [2.75, 3.05) is 13.6 Å². The average Bonchev–Trinajstić information content (AvgIpc) is 2.20. The summed E-state index contributed by atoms with van der Waals surface area (Å²) in [6, 6.07) is 0. The molecule has 0 N–H and O–H groups in total. The number of hydrogen-bond donors (Lipinski definition) is 0. The zero-order valence-electron chi connectivity index (χ0n) is 7.03. The highest BCUT2D eigenvalue weighted by atomic mass is 79.9. The first-order valence-corrected chi connectivity index (χ1v) is 3.52. The summed E-state index contributed by atoms with van der Waals surface area (Å²) in [4.78, 5) is 4.40. The molecule has 0 aromatic carbocycles. The van der Waals surface area contributed by atoms with Gasteiger partial charge in [0, 0.05) is 26.0 Å². The maximum absolute atomic E-state index is 3.69. The van der Waals surface area contributed by atoms with Crippen LogP contribution in [0.4, 0.5) is 0 Å². The molecule has 1 unspecified atom stereocenters. The summed E-state index contributed by atoms with van der Waals surface area (Å²) in [6.07, 6.45) is 6.57. The topological polar surface area (TPSA) is 6.48 Å². The summed E-state index contributed by atoms with van der Waals surface area (Å²) in [5, 5.41) is 0. The Morgan fingerprint density at radius 1 is 1.55 bits per heavy atom. The lowest BCUT2D eigenvalue weighted by Crippen LogP contribution is -2.33. The van der Waals surface area contributed by atoms with Crippen molar-refractivity contribution in [2.24, 2.45) is 0 Å². The fraction of sp³-hybridized carbons (Fsp3) is 0.500. The van der Waals surface area contributed by atoms with E-state index in [0.29, 0.717) is 6.17 Å². The summed E-state index contributed by atoms with van der Waals surface area (Å²) >= 11 is 0. The molecule has 1 atom stereocenters. The smallest absolute Gasteiger partial charge is 0.0978 e. The molecule has 0 aromatic heterocycles. The lowest BCUT2D eigenvalue weighted by Gasteiger charge is -2.25. The van der Waals surface area contributed by atoms with Gasteiger partial charge in [-0.05, 0) is 6.92 Å². The van der Waals surface area contributed by atoms with Gasteiger partial charge in [0.15, 0.2) is 0 Å². The number of halogens is 1. The minimum Gasteiger partial charge on any atom is -0.359 e. The number of nitrogens with zero attached hydrogens (tertiary/aromatic N) is 2. The highest BCUT2D eigenvalue weighted by Gasteiger charge is 2.15. The molecule has 1 aliphatic heterocycles. The van der Waals surface area contributed by atoms with Gasteiger partial charge in [-0.2, -0.15) is 0 Å². The zero-order valence-corrected chi connectivity index (χ0v) is 8.74. The SMILES string of the molecule is Br.C=CCN1C=CN(C)C1C. The van der Waals surface area contributed by atoms with E-state index < -0.39 is 0 Å². The summed E-state index contributed by atoms with van der Waals surface area (Å²) in [5.74, 6) is 0. The molecular weight excluding hydrogens is 204 g/mol. The third-order valence-corrected chi connectivity index (χ3v) is 1.90. The van der Waals surface area contributed by atoms with Gasteiger partial charge in [-0.1, -0.05) is 6.08 Å². The van der Waals surface area contributed by atoms with Crippen LogP contribution in [0.2, 0.25) is 0 Å². The molecule has 11 heavy (non-hydrogen) atoms. The van der Waals surface area contributed by atoms with E-state index in [4.69, 9.17) is 0 Å². The minimum atomic E-state index is 0. The van der Waals surface area contributed by atoms with Gasteiger partial charge in [-0.15, -0.1) is 23.6 Å². The van der Waals surface area contributed by atoms with Crippen molar-refractivity contribution < 1.29 is 0 Å². The molecule has 1 rings (SSSR count). The van der Waals surface area contributed by atoms with Gasteiger partial charge in [-0.25, -0.2) is 0 Å². The second kappa shape index (κ2) is 4.44. The highest BCUT2D eigenvalue weighted by Crippen LogP contribution is 2.11. The summed E-state index contributed by atoms with van der Waals surface area (Å²) in [5.41, 5.74) is 0. The Hall–Kier alpha value is -0.440. The molecule has 0 radical (unpaired) electrons. The second-order valence-electron chi connectivity index (χ2n) is 2.58. The molecule has 2 nitrogen and oxygen atoms in total. The van der Waals surface area contributed by atoms with Crippen molar-refractivity contribution in [3.8, 4) is 0 Å². The first-order chi connectivity index (χ1) is 4.75. The van der Waals surface area contributed by atoms with Crippen molar-refractivity contribution in [3.05, 3.63) is 25.1 Å². The van der Waals surface area contributed by atoms with Gasteiger partial charge in [0.25, 0.3) is 0 Å². The molecule has 3 heteroatoms. The second-order valence-corrected chi connectivity index (χ2v) is 2.58. The van der Waals surface area contributed by atoms with Crippen LogP contribution in [0.25, 0.3) is 0 Å². The van der Waals surface area contributed by atoms with E-state index in [1.807, 2.05) is 6.08 Å². The predicted molar refractivity (Wildman–Crippen MR) is 53.6 cm³/mol. The molecule has 64 valence electrons. The van der Waals surface area contributed by atoms with Crippen LogP contribution in [0.5, 0.6) is 0 Å². The summed E-state index contributed by atoms with van der Waals surface area (Å²) in [6.45, 7) is 6.79. The summed E-state index contributed by atoms with van der Waals surface area (Å²) < 4.78 is 0. The maximum Gasteiger partial charge on any atom is 0.0978 e. The molecule has 0 saturated heterocycles. The van der Waals surface area contributed by atoms with E-state index in [0.717, 1.165) is 6.54 Å². The Morgan fingerprint density at radius 2 is 2.18 bits per heavy atom. The Kier molecular flexibility index (Phi) is 4.26. The number of hydrogen-bond acceptors (Lipinski definition) is 2. The third kappa shape index (κ3) is 2.26. The van der Waals surface area contributed by atoms with Gasteiger partial charge in [0.05, 0.1) is 6.17 Å². The molecule has 0 fully saturated rings. The molecule has 1 heterocycles. The molecule has 0 saturated carbocycles. The summed E-state index contributed by atoms with van der Waals surface area (Å²) in [7, 11) is 2.07. The lowest BCUT2D eigenvalue weighted by molar-refractivity contribution is 0.210. The monoisotopic (exact) mass is 218 g/mol. The van der Waals surface area contributed by atoms with Crippen LogP contribution < -0.4 is 0 Å². The van der Waals surface area contributed by atoms with Crippen LogP contribution in [0.1, 0.15) is 6.92 Å². The van der Waals surface area contributed by atoms with Crippen LogP contribution in [-0.4, -0.2) is 29.6 Å². The molecule has 0 amide bonds. The van der Waals surface area contributed by atoms with Gasteiger partial charge in [-0.3, -0.25) is 0 Å². The largest absolute Gasteiger partial charge is 0.359 e. The average molecular weight is 219 g/mol. The first-order valence-electron chi connectivity index (χ1n) is 3.52. The zero-order chi connectivity index (χ0) is 7.56. The van der Waals surface area contributed by atoms with E-state index in [1.54, 1.807) is 0 Å². The van der Waals surface area contributed by atoms with E-state index in [-0.39, 0.29) is 17.0 Å². The van der Waals surface area contributed by atoms with E-state index >= 15 is 0 Å². The molecule has 0 aliphatic carbocycles. The highest BCUT2D eigenvalue weighted by molar-refractivity contribution is 8.93. The van der Waals surface area contributed by atoms with E-state index in [1.165, 1.54) is 0 Å². The maximum atomic E-state index is 3.69. The van der Waals surface area contributed by atoms with Gasteiger partial charge >= 0.3 is 0 Å². The van der Waals surface area contributed by atoms with Crippen LogP contribution >= 0.6 is 17.0 Å². The standard InChI is InChI=1S/C8H14N2.BrH/c1-4-5-10-7-6-9(3)8(10)2;/h4,6-8H,1,5H2,2-3H3;1H. The predicted octanol–water partition coefficient (Wildman–Crippen LogP) is 1.81. The fourth-order valence-corrected chi connectivity index (χ4v) is 1.04. The van der Waals surface area contributed by atoms with E-state index in [2.05, 4.69) is 42.8 Å². The van der Waals surface area contributed by atoms with Crippen molar-refractivity contribution >= 4 is 17.0 Å². The third-order valence-electron chi connectivity index (χ3n) is 1.90. The van der Waals surface area contributed by atoms with Crippen LogP contribution in [0.3, 0.4) is 0 Å². The minimum absolute atomic E-state index is 0. The fourth-order valence-electron chi connectivity index (χ4n) is 1.04. The van der Waals surface area contributed by atoms with Crippen LogP contribution in [0.15, 0.2) is 25.1 Å². The van der Waals surface area contributed by atoms with Crippen molar-refractivity contribution in [1.29, 1.82) is 0 Å². The van der Waals surface area contributed by atoms with Gasteiger partial charge in [0.1, 0.15) is 0 Å². The first kappa shape index (κ1) is 10.6. The van der Waals surface area contributed by atoms with Crippen molar-refractivity contribution in [1.82, 2.24) is 9.80 Å². The van der Waals surface area contributed by atoms with Crippen LogP contribution in [-0.2, 0) is 0 Å². The Balaban J connectivity index is 0.000001000. The molecule has 0 spiro atoms. The van der Waals surface area contributed by atoms with Crippen molar-refractivity contribution in [3.63, 3.8) is 0 Å². The number of rotatable bonds is 2. The Labute approximate surface area is 78.9 Å². The van der Waals surface area contributed by atoms with Gasteiger partial charge in [0.2, 0.25) is 0 Å². The molecule has 0 bridgehead atoms. The molecular formula is C8H15BrN2. The lowest BCUT2D eigenvalue weighted by atomic mass is 10.4. The van der Waals surface area contributed by atoms with Gasteiger partial charge < -0.3 is 9.80 Å². The van der Waals surface area contributed by atoms with Crippen molar-refractivity contribution in [2.45, 2.75) is 13.1 Å². The Bertz CT molecular complexity index is 156. The molecule has 1 aliphatic rings. The van der Waals surface area contributed by atoms with Crippen LogP contribution in [0, 0.1) is 0 Å². The molecule has 0 aromatic rings. The van der Waals surface area contributed by atoms with E-state index in [9.17, 15) is 0 Å².